The van der Waals surface area contributed by atoms with Crippen LogP contribution in [0.1, 0.15) is 36.8 Å². The van der Waals surface area contributed by atoms with Crippen molar-refractivity contribution in [3.8, 4) is 0 Å². The zero-order chi connectivity index (χ0) is 24.8. The fourth-order valence-corrected chi connectivity index (χ4v) is 4.38. The third-order valence-corrected chi connectivity index (χ3v) is 6.13. The van der Waals surface area contributed by atoms with Gasteiger partial charge in [-0.05, 0) is 54.5 Å². The van der Waals surface area contributed by atoms with Gasteiger partial charge in [-0.15, -0.1) is 0 Å². The fraction of sp³-hybridized carbons (Fsp3) is 0.320. The van der Waals surface area contributed by atoms with Crippen LogP contribution in [0.2, 0.25) is 0 Å². The summed E-state index contributed by atoms with van der Waals surface area (Å²) < 4.78 is 28.1. The molecule has 0 radical (unpaired) electrons. The maximum atomic E-state index is 14.1. The average Bonchev–Trinajstić information content (AvgIpc) is 2.78. The van der Waals surface area contributed by atoms with Crippen LogP contribution in [-0.4, -0.2) is 39.7 Å². The van der Waals surface area contributed by atoms with Crippen LogP contribution in [0.15, 0.2) is 66.1 Å². The summed E-state index contributed by atoms with van der Waals surface area (Å²) in [5.41, 5.74) is 6.27. The predicted octanol–water partition coefficient (Wildman–Crippen LogP) is 3.26. The van der Waals surface area contributed by atoms with E-state index in [-0.39, 0.29) is 30.1 Å². The molecular weight excluding hydrogens is 442 g/mol. The van der Waals surface area contributed by atoms with E-state index in [0.29, 0.717) is 18.5 Å². The lowest BCUT2D eigenvalue weighted by atomic mass is 9.71. The maximum absolute atomic E-state index is 14.1. The molecule has 1 aliphatic carbocycles. The largest absolute Gasteiger partial charge is 0.396 e. The van der Waals surface area contributed by atoms with E-state index >= 15 is 0 Å². The summed E-state index contributed by atoms with van der Waals surface area (Å²) >= 11 is 0. The number of aliphatic hydroxyl groups is 2. The van der Waals surface area contributed by atoms with E-state index in [0.717, 1.165) is 17.7 Å². The van der Waals surface area contributed by atoms with Crippen molar-refractivity contribution in [2.75, 3.05) is 11.9 Å². The summed E-state index contributed by atoms with van der Waals surface area (Å²) in [4.78, 5) is 21.0. The van der Waals surface area contributed by atoms with Crippen LogP contribution in [0.4, 0.5) is 14.5 Å². The van der Waals surface area contributed by atoms with Crippen molar-refractivity contribution < 1.29 is 23.8 Å². The van der Waals surface area contributed by atoms with Gasteiger partial charge in [-0.2, -0.15) is 0 Å². The van der Waals surface area contributed by atoms with Gasteiger partial charge in [0.05, 0.1) is 23.6 Å². The smallest absolute Gasteiger partial charge is 0.274 e. The molecule has 5 N–H and O–H groups in total. The first-order valence-corrected chi connectivity index (χ1v) is 10.9. The van der Waals surface area contributed by atoms with E-state index in [1.54, 1.807) is 12.3 Å². The Kier molecular flexibility index (Phi) is 8.25. The highest BCUT2D eigenvalue weighted by Gasteiger charge is 2.35. The van der Waals surface area contributed by atoms with Gasteiger partial charge in [0.1, 0.15) is 23.2 Å². The lowest BCUT2D eigenvalue weighted by molar-refractivity contribution is -0.112. The molecule has 1 aromatic heterocycles. The highest BCUT2D eigenvalue weighted by Crippen LogP contribution is 2.41. The van der Waals surface area contributed by atoms with E-state index in [4.69, 9.17) is 5.73 Å². The van der Waals surface area contributed by atoms with Gasteiger partial charge in [-0.25, -0.2) is 13.8 Å². The number of aliphatic imine (C=N–C) groups is 1. The van der Waals surface area contributed by atoms with E-state index in [2.05, 4.69) is 21.9 Å². The Balaban J connectivity index is 1.87. The lowest BCUT2D eigenvalue weighted by Crippen LogP contribution is -2.37. The fourth-order valence-electron chi connectivity index (χ4n) is 4.38. The summed E-state index contributed by atoms with van der Waals surface area (Å²) in [6, 6.07) is 5.05. The first kappa shape index (κ1) is 25.2. The summed E-state index contributed by atoms with van der Waals surface area (Å²) in [7, 11) is 0. The van der Waals surface area contributed by atoms with Gasteiger partial charge in [0.15, 0.2) is 0 Å². The second kappa shape index (κ2) is 11.1. The number of nitrogens with two attached hydrogens (primary N) is 1. The van der Waals surface area contributed by atoms with Crippen LogP contribution in [-0.2, 0) is 4.79 Å². The summed E-state index contributed by atoms with van der Waals surface area (Å²) in [6.45, 7) is 5.43. The van der Waals surface area contributed by atoms with E-state index in [1.165, 1.54) is 24.4 Å². The third kappa shape index (κ3) is 5.55. The number of allylic oxidation sites excluding steroid dienone is 2. The summed E-state index contributed by atoms with van der Waals surface area (Å²) in [5, 5.41) is 22.8. The average molecular weight is 471 g/mol. The number of halogens is 2. The maximum Gasteiger partial charge on any atom is 0.274 e. The number of amidine groups is 1. The summed E-state index contributed by atoms with van der Waals surface area (Å²) in [6.07, 6.45) is 6.12. The minimum Gasteiger partial charge on any atom is -0.396 e. The summed E-state index contributed by atoms with van der Waals surface area (Å²) in [5.74, 6) is -3.17. The molecule has 1 amide bonds. The number of aromatic nitrogens is 1. The molecule has 0 saturated heterocycles. The molecule has 3 rings (SSSR count). The Morgan fingerprint density at radius 2 is 2.03 bits per heavy atom. The Labute approximate surface area is 196 Å². The molecule has 0 unspecified atom stereocenters. The van der Waals surface area contributed by atoms with Gasteiger partial charge >= 0.3 is 0 Å². The quantitative estimate of drug-likeness (QED) is 0.214. The van der Waals surface area contributed by atoms with Crippen molar-refractivity contribution in [2.45, 2.75) is 31.8 Å². The molecule has 4 atom stereocenters. The minimum atomic E-state index is -0.902. The molecule has 1 aromatic carbocycles. The second-order valence-electron chi connectivity index (χ2n) is 8.36. The first-order valence-electron chi connectivity index (χ1n) is 10.9. The number of pyridine rings is 1. The Morgan fingerprint density at radius 3 is 2.65 bits per heavy atom. The number of hydrogen-bond donors (Lipinski definition) is 4. The normalized spacial score (nSPS) is 23.4. The van der Waals surface area contributed by atoms with Gasteiger partial charge in [0.25, 0.3) is 5.91 Å². The number of nitrogens with zero attached hydrogens (tertiary/aromatic N) is 2. The van der Waals surface area contributed by atoms with Crippen LogP contribution in [0, 0.1) is 23.5 Å². The van der Waals surface area contributed by atoms with Crippen molar-refractivity contribution >= 4 is 17.4 Å². The van der Waals surface area contributed by atoms with Crippen LogP contribution >= 0.6 is 0 Å². The number of benzene rings is 1. The topological polar surface area (TPSA) is 121 Å². The van der Waals surface area contributed by atoms with Crippen LogP contribution in [0.3, 0.4) is 0 Å². The molecular formula is C25H28F2N4O3. The molecule has 1 saturated carbocycles. The zero-order valence-corrected chi connectivity index (χ0v) is 18.8. The van der Waals surface area contributed by atoms with Gasteiger partial charge in [0, 0.05) is 18.7 Å². The number of anilines is 1. The number of carbonyl (C=O) groups is 1. The van der Waals surface area contributed by atoms with Crippen LogP contribution in [0.25, 0.3) is 0 Å². The molecule has 180 valence electrons. The van der Waals surface area contributed by atoms with Gasteiger partial charge in [0.2, 0.25) is 0 Å². The molecule has 1 heterocycles. The molecule has 0 aliphatic heterocycles. The van der Waals surface area contributed by atoms with Gasteiger partial charge in [-0.3, -0.25) is 9.78 Å². The monoisotopic (exact) mass is 470 g/mol. The van der Waals surface area contributed by atoms with E-state index in [9.17, 15) is 23.8 Å². The van der Waals surface area contributed by atoms with Crippen molar-refractivity contribution in [2.24, 2.45) is 22.6 Å². The number of carbonyl (C=O) groups excluding carboxylic acids is 1. The SMILES string of the molecule is C=C/C=C(\N=C(/N)c1c(F)cccc1F)C(=O)Nc1cnccc1[C@H]1C[C@@H](C)[C@@H](CO)[C@@H](O)C1. The molecule has 2 aromatic rings. The number of rotatable bonds is 7. The second-order valence-corrected chi connectivity index (χ2v) is 8.36. The lowest BCUT2D eigenvalue weighted by Gasteiger charge is -2.37. The number of aliphatic hydroxyl groups excluding tert-OH is 2. The number of amides is 1. The van der Waals surface area contributed by atoms with E-state index in [1.807, 2.05) is 6.92 Å². The van der Waals surface area contributed by atoms with Crippen molar-refractivity contribution in [1.29, 1.82) is 0 Å². The molecule has 34 heavy (non-hydrogen) atoms. The third-order valence-electron chi connectivity index (χ3n) is 6.13. The highest BCUT2D eigenvalue weighted by atomic mass is 19.1. The standard InChI is InChI=1S/C25H28F2N4O3/c1-3-5-20(30-24(28)23-18(26)6-4-7-19(23)27)25(34)31-21-12-29-9-8-16(21)15-10-14(2)17(13-32)22(33)11-15/h3-9,12,14-15,17,22,32-33H,1,10-11,13H2,2H3,(H2,28,30)(H,31,34)/b20-5-/t14-,15+,17-,22+/m1/s1. The molecule has 1 fully saturated rings. The number of nitrogens with one attached hydrogen (secondary N) is 1. The zero-order valence-electron chi connectivity index (χ0n) is 18.8. The van der Waals surface area contributed by atoms with Gasteiger partial charge in [-0.1, -0.05) is 25.6 Å². The number of hydrogen-bond acceptors (Lipinski definition) is 5. The molecule has 9 heteroatoms. The molecule has 7 nitrogen and oxygen atoms in total. The van der Waals surface area contributed by atoms with Crippen molar-refractivity contribution in [3.05, 3.63) is 83.8 Å². The minimum absolute atomic E-state index is 0.0704. The Hall–Kier alpha value is -3.43. The Morgan fingerprint density at radius 1 is 1.32 bits per heavy atom. The highest BCUT2D eigenvalue weighted by molar-refractivity contribution is 6.08. The van der Waals surface area contributed by atoms with E-state index < -0.39 is 35.0 Å². The van der Waals surface area contributed by atoms with Crippen molar-refractivity contribution in [3.63, 3.8) is 0 Å². The molecule has 0 bridgehead atoms. The van der Waals surface area contributed by atoms with Crippen LogP contribution in [0.5, 0.6) is 0 Å². The first-order chi connectivity index (χ1) is 16.3. The van der Waals surface area contributed by atoms with Gasteiger partial charge < -0.3 is 21.3 Å². The molecule has 0 spiro atoms. The Bertz CT molecular complexity index is 1090. The van der Waals surface area contributed by atoms with Crippen LogP contribution < -0.4 is 11.1 Å². The van der Waals surface area contributed by atoms with Crippen molar-refractivity contribution in [1.82, 2.24) is 4.98 Å². The molecule has 1 aliphatic rings. The predicted molar refractivity (Wildman–Crippen MR) is 126 cm³/mol.